The van der Waals surface area contributed by atoms with E-state index in [9.17, 15) is 4.79 Å². The number of hydrogen-bond donors (Lipinski definition) is 1. The largest absolute Gasteiger partial charge is 0.489 e. The minimum atomic E-state index is -0.386. The van der Waals surface area contributed by atoms with Gasteiger partial charge in [-0.15, -0.1) is 0 Å². The highest BCUT2D eigenvalue weighted by molar-refractivity contribution is 6.30. The molecule has 2 aromatic heterocycles. The SMILES string of the molecule is Cc1ccc(OCc2c(C(=O)Nc3cnn(Cc4cccc(Cl)c4)c3)noc2C)cc1C. The second-order valence-electron chi connectivity index (χ2n) is 7.61. The molecule has 2 aromatic carbocycles. The van der Waals surface area contributed by atoms with Crippen molar-refractivity contribution < 1.29 is 14.1 Å². The second-order valence-corrected chi connectivity index (χ2v) is 8.05. The van der Waals surface area contributed by atoms with E-state index in [2.05, 4.69) is 15.6 Å². The number of anilines is 1. The lowest BCUT2D eigenvalue weighted by molar-refractivity contribution is 0.101. The molecule has 0 radical (unpaired) electrons. The maximum absolute atomic E-state index is 12.8. The van der Waals surface area contributed by atoms with Crippen LogP contribution in [0.15, 0.2) is 59.4 Å². The van der Waals surface area contributed by atoms with Crippen LogP contribution in [-0.2, 0) is 13.2 Å². The van der Waals surface area contributed by atoms with Crippen LogP contribution in [0.25, 0.3) is 0 Å². The molecule has 0 saturated carbocycles. The van der Waals surface area contributed by atoms with Gasteiger partial charge in [-0.3, -0.25) is 9.48 Å². The molecule has 8 heteroatoms. The lowest BCUT2D eigenvalue weighted by atomic mass is 10.1. The van der Waals surface area contributed by atoms with Gasteiger partial charge in [-0.05, 0) is 61.7 Å². The Morgan fingerprint density at radius 1 is 1.16 bits per heavy atom. The van der Waals surface area contributed by atoms with Crippen LogP contribution in [0, 0.1) is 20.8 Å². The highest BCUT2D eigenvalue weighted by atomic mass is 35.5. The van der Waals surface area contributed by atoms with Crippen molar-refractivity contribution in [2.45, 2.75) is 33.9 Å². The summed E-state index contributed by atoms with van der Waals surface area (Å²) < 4.78 is 12.9. The number of amides is 1. The molecule has 7 nitrogen and oxygen atoms in total. The van der Waals surface area contributed by atoms with Gasteiger partial charge >= 0.3 is 0 Å². The number of rotatable bonds is 7. The number of aryl methyl sites for hydroxylation is 3. The number of carbonyl (C=O) groups excluding carboxylic acids is 1. The number of nitrogens with zero attached hydrogens (tertiary/aromatic N) is 3. The van der Waals surface area contributed by atoms with Crippen molar-refractivity contribution in [1.82, 2.24) is 14.9 Å². The molecule has 2 heterocycles. The summed E-state index contributed by atoms with van der Waals surface area (Å²) in [6, 6.07) is 13.4. The predicted octanol–water partition coefficient (Wildman–Crippen LogP) is 5.33. The molecular formula is C24H23ClN4O3. The summed E-state index contributed by atoms with van der Waals surface area (Å²) in [5, 5.41) is 11.7. The summed E-state index contributed by atoms with van der Waals surface area (Å²) in [7, 11) is 0. The Bertz CT molecular complexity index is 1260. The topological polar surface area (TPSA) is 82.2 Å². The van der Waals surface area contributed by atoms with Crippen LogP contribution in [0.5, 0.6) is 5.75 Å². The first-order valence-electron chi connectivity index (χ1n) is 10.1. The van der Waals surface area contributed by atoms with Crippen LogP contribution >= 0.6 is 11.6 Å². The average Bonchev–Trinajstić information content (AvgIpc) is 3.35. The summed E-state index contributed by atoms with van der Waals surface area (Å²) in [5.74, 6) is 0.876. The number of carbonyl (C=O) groups is 1. The van der Waals surface area contributed by atoms with Gasteiger partial charge in [0.05, 0.1) is 24.0 Å². The third-order valence-corrected chi connectivity index (χ3v) is 5.42. The number of hydrogen-bond acceptors (Lipinski definition) is 5. The molecule has 0 aliphatic carbocycles. The molecule has 0 aliphatic rings. The number of nitrogens with one attached hydrogen (secondary N) is 1. The Morgan fingerprint density at radius 3 is 2.78 bits per heavy atom. The fourth-order valence-electron chi connectivity index (χ4n) is 3.23. The highest BCUT2D eigenvalue weighted by Gasteiger charge is 2.21. The van der Waals surface area contributed by atoms with E-state index in [1.54, 1.807) is 24.0 Å². The zero-order valence-corrected chi connectivity index (χ0v) is 18.8. The van der Waals surface area contributed by atoms with Gasteiger partial charge in [0.2, 0.25) is 0 Å². The van der Waals surface area contributed by atoms with E-state index in [4.69, 9.17) is 20.9 Å². The van der Waals surface area contributed by atoms with E-state index in [-0.39, 0.29) is 18.2 Å². The van der Waals surface area contributed by atoms with Crippen molar-refractivity contribution in [3.8, 4) is 5.75 Å². The maximum Gasteiger partial charge on any atom is 0.278 e. The number of ether oxygens (including phenoxy) is 1. The first kappa shape index (κ1) is 21.6. The first-order valence-corrected chi connectivity index (χ1v) is 10.5. The van der Waals surface area contributed by atoms with Crippen LogP contribution in [0.1, 0.15) is 38.5 Å². The Hall–Kier alpha value is -3.58. The van der Waals surface area contributed by atoms with Crippen molar-refractivity contribution in [2.75, 3.05) is 5.32 Å². The smallest absolute Gasteiger partial charge is 0.278 e. The van der Waals surface area contributed by atoms with Gasteiger partial charge in [0.25, 0.3) is 5.91 Å². The average molecular weight is 451 g/mol. The molecular weight excluding hydrogens is 428 g/mol. The minimum Gasteiger partial charge on any atom is -0.489 e. The van der Waals surface area contributed by atoms with Crippen molar-refractivity contribution in [3.63, 3.8) is 0 Å². The van der Waals surface area contributed by atoms with Gasteiger partial charge in [0.15, 0.2) is 5.69 Å². The van der Waals surface area contributed by atoms with Crippen molar-refractivity contribution in [1.29, 1.82) is 0 Å². The lowest BCUT2D eigenvalue weighted by Gasteiger charge is -2.08. The monoisotopic (exact) mass is 450 g/mol. The van der Waals surface area contributed by atoms with Crippen LogP contribution in [0.2, 0.25) is 5.02 Å². The molecule has 0 unspecified atom stereocenters. The summed E-state index contributed by atoms with van der Waals surface area (Å²) in [5.41, 5.74) is 4.68. The fourth-order valence-corrected chi connectivity index (χ4v) is 3.44. The van der Waals surface area contributed by atoms with Gasteiger partial charge in [0.1, 0.15) is 18.1 Å². The Kier molecular flexibility index (Phi) is 6.28. The molecule has 0 spiro atoms. The third kappa shape index (κ3) is 5.00. The molecule has 4 aromatic rings. The highest BCUT2D eigenvalue weighted by Crippen LogP contribution is 2.21. The Balaban J connectivity index is 1.43. The van der Waals surface area contributed by atoms with Crippen LogP contribution in [0.4, 0.5) is 5.69 Å². The predicted molar refractivity (Wildman–Crippen MR) is 122 cm³/mol. The lowest BCUT2D eigenvalue weighted by Crippen LogP contribution is -2.15. The van der Waals surface area contributed by atoms with E-state index in [0.717, 1.165) is 16.9 Å². The van der Waals surface area contributed by atoms with Crippen molar-refractivity contribution in [3.05, 3.63) is 93.6 Å². The molecule has 0 bridgehead atoms. The molecule has 164 valence electrons. The molecule has 0 fully saturated rings. The van der Waals surface area contributed by atoms with Crippen LogP contribution < -0.4 is 10.1 Å². The van der Waals surface area contributed by atoms with E-state index in [1.165, 1.54) is 5.56 Å². The molecule has 0 aliphatic heterocycles. The van der Waals surface area contributed by atoms with E-state index in [0.29, 0.717) is 28.6 Å². The number of halogens is 1. The zero-order chi connectivity index (χ0) is 22.7. The van der Waals surface area contributed by atoms with Crippen LogP contribution in [-0.4, -0.2) is 20.8 Å². The van der Waals surface area contributed by atoms with Gasteiger partial charge in [-0.1, -0.05) is 35.0 Å². The summed E-state index contributed by atoms with van der Waals surface area (Å²) in [6.45, 7) is 6.54. The van der Waals surface area contributed by atoms with Gasteiger partial charge in [0, 0.05) is 11.2 Å². The summed E-state index contributed by atoms with van der Waals surface area (Å²) >= 11 is 6.04. The Morgan fingerprint density at radius 2 is 2.00 bits per heavy atom. The van der Waals surface area contributed by atoms with Gasteiger partial charge < -0.3 is 14.6 Å². The Labute approximate surface area is 190 Å². The quantitative estimate of drug-likeness (QED) is 0.411. The summed E-state index contributed by atoms with van der Waals surface area (Å²) in [6.07, 6.45) is 3.33. The van der Waals surface area contributed by atoms with Gasteiger partial charge in [-0.25, -0.2) is 0 Å². The van der Waals surface area contributed by atoms with Crippen LogP contribution in [0.3, 0.4) is 0 Å². The van der Waals surface area contributed by atoms with Gasteiger partial charge in [-0.2, -0.15) is 5.10 Å². The number of benzene rings is 2. The third-order valence-electron chi connectivity index (χ3n) is 5.19. The molecule has 32 heavy (non-hydrogen) atoms. The standard InChI is InChI=1S/C24H23ClN4O3/c1-15-7-8-21(9-16(15)2)31-14-22-17(3)32-28-23(22)24(30)27-20-11-26-29(13-20)12-18-5-4-6-19(25)10-18/h4-11,13H,12,14H2,1-3H3,(H,27,30). The summed E-state index contributed by atoms with van der Waals surface area (Å²) in [4.78, 5) is 12.8. The van der Waals surface area contributed by atoms with Crippen molar-refractivity contribution in [2.24, 2.45) is 0 Å². The zero-order valence-electron chi connectivity index (χ0n) is 18.1. The first-order chi connectivity index (χ1) is 15.4. The van der Waals surface area contributed by atoms with E-state index < -0.39 is 0 Å². The van der Waals surface area contributed by atoms with E-state index >= 15 is 0 Å². The fraction of sp³-hybridized carbons (Fsp3) is 0.208. The van der Waals surface area contributed by atoms with Crippen molar-refractivity contribution >= 4 is 23.2 Å². The molecule has 0 saturated heterocycles. The minimum absolute atomic E-state index is 0.175. The molecule has 0 atom stereocenters. The molecule has 1 N–H and O–H groups in total. The second kappa shape index (κ2) is 9.28. The maximum atomic E-state index is 12.8. The molecule has 1 amide bonds. The normalized spacial score (nSPS) is 10.9. The number of aromatic nitrogens is 3. The van der Waals surface area contributed by atoms with E-state index in [1.807, 2.05) is 56.3 Å². The molecule has 4 rings (SSSR count).